The van der Waals surface area contributed by atoms with Crippen LogP contribution in [-0.2, 0) is 4.79 Å². The van der Waals surface area contributed by atoms with Gasteiger partial charge in [0.15, 0.2) is 0 Å². The molecule has 68 valence electrons. The largest absolute Gasteiger partial charge is 0.478 e. The summed E-state index contributed by atoms with van der Waals surface area (Å²) < 4.78 is 0. The highest BCUT2D eigenvalue weighted by molar-refractivity contribution is 5.87. The van der Waals surface area contributed by atoms with Crippen LogP contribution in [-0.4, -0.2) is 22.3 Å². The number of hydrogen-bond donors (Lipinski definition) is 2. The summed E-state index contributed by atoms with van der Waals surface area (Å²) in [5, 5.41) is 18.2. The molecule has 3 nitrogen and oxygen atoms in total. The van der Waals surface area contributed by atoms with Crippen molar-refractivity contribution in [1.29, 1.82) is 0 Å². The standard InChI is InChI=1S/C9H14O3/c1-6(9(11)12)7-4-2-3-5-8(7)10/h8,10H,2-5H2,1H3,(H,11,12). The van der Waals surface area contributed by atoms with E-state index in [0.29, 0.717) is 17.6 Å². The molecule has 2 N–H and O–H groups in total. The summed E-state index contributed by atoms with van der Waals surface area (Å²) in [5.74, 6) is -0.911. The SMILES string of the molecule is CC(C(=O)O)=C1CCCCC1O. The molecule has 0 spiro atoms. The minimum Gasteiger partial charge on any atom is -0.478 e. The van der Waals surface area contributed by atoms with Gasteiger partial charge in [0, 0.05) is 5.57 Å². The van der Waals surface area contributed by atoms with Crippen molar-refractivity contribution in [3.8, 4) is 0 Å². The average Bonchev–Trinajstić information content (AvgIpc) is 2.04. The highest BCUT2D eigenvalue weighted by atomic mass is 16.4. The predicted molar refractivity (Wildman–Crippen MR) is 44.8 cm³/mol. The second-order valence-electron chi connectivity index (χ2n) is 3.22. The molecule has 0 bridgehead atoms. The van der Waals surface area contributed by atoms with Crippen LogP contribution in [0, 0.1) is 0 Å². The summed E-state index contributed by atoms with van der Waals surface area (Å²) in [6.45, 7) is 1.56. The Balaban J connectivity index is 2.82. The monoisotopic (exact) mass is 170 g/mol. The molecule has 0 aromatic carbocycles. The van der Waals surface area contributed by atoms with Crippen LogP contribution in [0.2, 0.25) is 0 Å². The molecule has 0 amide bonds. The fourth-order valence-corrected chi connectivity index (χ4v) is 1.57. The second-order valence-corrected chi connectivity index (χ2v) is 3.22. The molecule has 0 aromatic rings. The Morgan fingerprint density at radius 1 is 1.50 bits per heavy atom. The van der Waals surface area contributed by atoms with E-state index in [1.54, 1.807) is 6.92 Å². The van der Waals surface area contributed by atoms with Crippen molar-refractivity contribution in [2.75, 3.05) is 0 Å². The van der Waals surface area contributed by atoms with Crippen LogP contribution in [0.3, 0.4) is 0 Å². The Bertz CT molecular complexity index is 218. The van der Waals surface area contributed by atoms with Crippen LogP contribution in [0.4, 0.5) is 0 Å². The first-order valence-electron chi connectivity index (χ1n) is 4.24. The molecule has 1 saturated carbocycles. The molecule has 1 unspecified atom stereocenters. The summed E-state index contributed by atoms with van der Waals surface area (Å²) >= 11 is 0. The maximum atomic E-state index is 10.6. The average molecular weight is 170 g/mol. The van der Waals surface area contributed by atoms with Gasteiger partial charge in [0.1, 0.15) is 0 Å². The zero-order valence-corrected chi connectivity index (χ0v) is 7.21. The number of carbonyl (C=O) groups is 1. The number of rotatable bonds is 1. The summed E-state index contributed by atoms with van der Waals surface area (Å²) in [6.07, 6.45) is 2.92. The lowest BCUT2D eigenvalue weighted by Gasteiger charge is -2.21. The summed E-state index contributed by atoms with van der Waals surface area (Å²) in [6, 6.07) is 0. The molecule has 12 heavy (non-hydrogen) atoms. The molecule has 1 fully saturated rings. The fraction of sp³-hybridized carbons (Fsp3) is 0.667. The maximum absolute atomic E-state index is 10.6. The van der Waals surface area contributed by atoms with Gasteiger partial charge in [0.05, 0.1) is 6.10 Å². The molecule has 0 aromatic heterocycles. The van der Waals surface area contributed by atoms with Crippen molar-refractivity contribution >= 4 is 5.97 Å². The normalized spacial score (nSPS) is 28.3. The Kier molecular flexibility index (Phi) is 2.87. The summed E-state index contributed by atoms with van der Waals surface area (Å²) in [4.78, 5) is 10.6. The van der Waals surface area contributed by atoms with Gasteiger partial charge in [0.2, 0.25) is 0 Å². The van der Waals surface area contributed by atoms with Gasteiger partial charge in [-0.05, 0) is 31.8 Å². The van der Waals surface area contributed by atoms with E-state index in [-0.39, 0.29) is 0 Å². The molecule has 1 aliphatic carbocycles. The quantitative estimate of drug-likeness (QED) is 0.583. The summed E-state index contributed by atoms with van der Waals surface area (Å²) in [5.41, 5.74) is 1.04. The van der Waals surface area contributed by atoms with Crippen LogP contribution < -0.4 is 0 Å². The highest BCUT2D eigenvalue weighted by Gasteiger charge is 2.20. The zero-order valence-electron chi connectivity index (χ0n) is 7.21. The topological polar surface area (TPSA) is 57.5 Å². The molecule has 1 aliphatic rings. The molecule has 0 aliphatic heterocycles. The van der Waals surface area contributed by atoms with Gasteiger partial charge >= 0.3 is 5.97 Å². The van der Waals surface area contributed by atoms with Gasteiger partial charge in [-0.2, -0.15) is 0 Å². The molecule has 0 heterocycles. The van der Waals surface area contributed by atoms with Crippen LogP contribution in [0.25, 0.3) is 0 Å². The fourth-order valence-electron chi connectivity index (χ4n) is 1.57. The van der Waals surface area contributed by atoms with Crippen LogP contribution >= 0.6 is 0 Å². The number of aliphatic hydroxyl groups is 1. The smallest absolute Gasteiger partial charge is 0.331 e. The lowest BCUT2D eigenvalue weighted by molar-refractivity contribution is -0.132. The third-order valence-electron chi connectivity index (χ3n) is 2.38. The summed E-state index contributed by atoms with van der Waals surface area (Å²) in [7, 11) is 0. The number of aliphatic hydroxyl groups excluding tert-OH is 1. The first-order chi connectivity index (χ1) is 5.63. The lowest BCUT2D eigenvalue weighted by Crippen LogP contribution is -2.18. The number of carboxylic acid groups (broad SMARTS) is 1. The maximum Gasteiger partial charge on any atom is 0.331 e. The van der Waals surface area contributed by atoms with E-state index >= 15 is 0 Å². The van der Waals surface area contributed by atoms with E-state index in [1.807, 2.05) is 0 Å². The molecule has 3 heteroatoms. The Hall–Kier alpha value is -0.830. The molecule has 0 saturated heterocycles. The van der Waals surface area contributed by atoms with Crippen molar-refractivity contribution in [3.63, 3.8) is 0 Å². The molecule has 1 rings (SSSR count). The van der Waals surface area contributed by atoms with E-state index in [2.05, 4.69) is 0 Å². The van der Waals surface area contributed by atoms with Crippen molar-refractivity contribution in [3.05, 3.63) is 11.1 Å². The molecule has 0 radical (unpaired) electrons. The van der Waals surface area contributed by atoms with E-state index in [1.165, 1.54) is 0 Å². The van der Waals surface area contributed by atoms with Crippen molar-refractivity contribution in [2.45, 2.75) is 38.7 Å². The van der Waals surface area contributed by atoms with Gasteiger partial charge in [-0.15, -0.1) is 0 Å². The van der Waals surface area contributed by atoms with Gasteiger partial charge in [-0.25, -0.2) is 4.79 Å². The predicted octanol–water partition coefficient (Wildman–Crippen LogP) is 1.32. The molecule has 1 atom stereocenters. The second kappa shape index (κ2) is 3.72. The minimum absolute atomic E-state index is 0.321. The number of hydrogen-bond acceptors (Lipinski definition) is 2. The zero-order chi connectivity index (χ0) is 9.14. The van der Waals surface area contributed by atoms with Crippen LogP contribution in [0.15, 0.2) is 11.1 Å². The first kappa shape index (κ1) is 9.26. The van der Waals surface area contributed by atoms with E-state index in [0.717, 1.165) is 19.3 Å². The van der Waals surface area contributed by atoms with E-state index < -0.39 is 12.1 Å². The third kappa shape index (κ3) is 1.85. The number of aliphatic carboxylic acids is 1. The van der Waals surface area contributed by atoms with Gasteiger partial charge < -0.3 is 10.2 Å². The third-order valence-corrected chi connectivity index (χ3v) is 2.38. The minimum atomic E-state index is -0.911. The van der Waals surface area contributed by atoms with Crippen molar-refractivity contribution < 1.29 is 15.0 Å². The van der Waals surface area contributed by atoms with E-state index in [9.17, 15) is 9.90 Å². The van der Waals surface area contributed by atoms with Gasteiger partial charge in [0.25, 0.3) is 0 Å². The number of carboxylic acids is 1. The lowest BCUT2D eigenvalue weighted by atomic mass is 9.89. The highest BCUT2D eigenvalue weighted by Crippen LogP contribution is 2.26. The van der Waals surface area contributed by atoms with E-state index in [4.69, 9.17) is 5.11 Å². The van der Waals surface area contributed by atoms with Gasteiger partial charge in [-0.3, -0.25) is 0 Å². The first-order valence-corrected chi connectivity index (χ1v) is 4.24. The van der Waals surface area contributed by atoms with Crippen LogP contribution in [0.5, 0.6) is 0 Å². The van der Waals surface area contributed by atoms with Crippen molar-refractivity contribution in [2.24, 2.45) is 0 Å². The Morgan fingerprint density at radius 3 is 2.67 bits per heavy atom. The molecular weight excluding hydrogens is 156 g/mol. The van der Waals surface area contributed by atoms with Gasteiger partial charge in [-0.1, -0.05) is 6.42 Å². The Morgan fingerprint density at radius 2 is 2.17 bits per heavy atom. The molecular formula is C9H14O3. The Labute approximate surface area is 71.7 Å². The van der Waals surface area contributed by atoms with Crippen molar-refractivity contribution in [1.82, 2.24) is 0 Å². The van der Waals surface area contributed by atoms with Crippen LogP contribution in [0.1, 0.15) is 32.6 Å².